The summed E-state index contributed by atoms with van der Waals surface area (Å²) < 4.78 is 55.8. The lowest BCUT2D eigenvalue weighted by molar-refractivity contribution is -0.0411. The van der Waals surface area contributed by atoms with E-state index in [1.165, 1.54) is 12.3 Å². The van der Waals surface area contributed by atoms with E-state index in [4.69, 9.17) is 11.6 Å². The van der Waals surface area contributed by atoms with Crippen LogP contribution in [0.1, 0.15) is 32.6 Å². The molecule has 1 saturated heterocycles. The van der Waals surface area contributed by atoms with Crippen LogP contribution < -0.4 is 0 Å². The highest BCUT2D eigenvalue weighted by Crippen LogP contribution is 2.60. The van der Waals surface area contributed by atoms with Gasteiger partial charge in [0.25, 0.3) is 15.9 Å². The Kier molecular flexibility index (Phi) is 3.82. The Morgan fingerprint density at radius 2 is 1.90 bits per heavy atom. The lowest BCUT2D eigenvalue weighted by Crippen LogP contribution is -2.46. The van der Waals surface area contributed by atoms with E-state index in [2.05, 4.69) is 5.10 Å². The van der Waals surface area contributed by atoms with Gasteiger partial charge in [0.2, 0.25) is 0 Å². The summed E-state index contributed by atoms with van der Waals surface area (Å²) >= 11 is 6.40. The molecule has 2 aliphatic carbocycles. The van der Waals surface area contributed by atoms with Crippen molar-refractivity contribution in [2.75, 3.05) is 6.54 Å². The summed E-state index contributed by atoms with van der Waals surface area (Å²) in [5.41, 5.74) is -0.251. The standard InChI is InChI=1S/C20H20ClF2N3O2S/c1-18(29(27,28)26-16-5-3-2-4-14(16)13-24-26)7-6-15(21)17(12-18)25-11-10-20(22,23)19(25)8-9-19/h2-7,13H,8-12H2,1H3. The summed E-state index contributed by atoms with van der Waals surface area (Å²) in [6.07, 6.45) is 5.14. The van der Waals surface area contributed by atoms with Gasteiger partial charge >= 0.3 is 0 Å². The number of hydrogen-bond acceptors (Lipinski definition) is 4. The fourth-order valence-corrected chi connectivity index (χ4v) is 6.39. The van der Waals surface area contributed by atoms with Crippen LogP contribution in [-0.2, 0) is 10.0 Å². The molecule has 154 valence electrons. The summed E-state index contributed by atoms with van der Waals surface area (Å²) in [5, 5.41) is 5.14. The molecule has 1 spiro atoms. The maximum atomic E-state index is 14.5. The zero-order chi connectivity index (χ0) is 20.7. The molecule has 0 bridgehead atoms. The van der Waals surface area contributed by atoms with Crippen LogP contribution >= 0.6 is 11.6 Å². The van der Waals surface area contributed by atoms with Gasteiger partial charge in [0.15, 0.2) is 0 Å². The normalized spacial score (nSPS) is 27.9. The number of rotatable bonds is 3. The van der Waals surface area contributed by atoms with E-state index in [-0.39, 0.29) is 19.4 Å². The van der Waals surface area contributed by atoms with E-state index >= 15 is 0 Å². The third-order valence-corrected chi connectivity index (χ3v) is 9.08. The van der Waals surface area contributed by atoms with Crippen LogP contribution in [0.4, 0.5) is 8.78 Å². The Balaban J connectivity index is 1.55. The van der Waals surface area contributed by atoms with E-state index in [1.54, 1.807) is 36.1 Å². The molecule has 1 aromatic heterocycles. The molecule has 1 saturated carbocycles. The second-order valence-electron chi connectivity index (χ2n) is 8.31. The summed E-state index contributed by atoms with van der Waals surface area (Å²) in [6, 6.07) is 7.05. The van der Waals surface area contributed by atoms with Gasteiger partial charge < -0.3 is 4.90 Å². The zero-order valence-corrected chi connectivity index (χ0v) is 17.3. The van der Waals surface area contributed by atoms with E-state index < -0.39 is 26.2 Å². The zero-order valence-electron chi connectivity index (χ0n) is 15.8. The van der Waals surface area contributed by atoms with Crippen LogP contribution in [0.15, 0.2) is 53.3 Å². The molecule has 3 aliphatic rings. The molecule has 1 atom stereocenters. The predicted octanol–water partition coefficient (Wildman–Crippen LogP) is 4.26. The predicted molar refractivity (Wildman–Crippen MR) is 107 cm³/mol. The van der Waals surface area contributed by atoms with Crippen molar-refractivity contribution in [3.05, 3.63) is 53.3 Å². The van der Waals surface area contributed by atoms with Crippen LogP contribution in [0.25, 0.3) is 10.9 Å². The largest absolute Gasteiger partial charge is 0.362 e. The second kappa shape index (κ2) is 5.82. The third-order valence-electron chi connectivity index (χ3n) is 6.53. The fourth-order valence-electron chi connectivity index (χ4n) is 4.60. The van der Waals surface area contributed by atoms with Gasteiger partial charge in [-0.2, -0.15) is 9.19 Å². The van der Waals surface area contributed by atoms with E-state index in [0.717, 1.165) is 4.09 Å². The van der Waals surface area contributed by atoms with Crippen LogP contribution in [0.5, 0.6) is 0 Å². The number of halogens is 3. The van der Waals surface area contributed by atoms with E-state index in [0.29, 0.717) is 34.5 Å². The Labute approximate surface area is 172 Å². The summed E-state index contributed by atoms with van der Waals surface area (Å²) in [4.78, 5) is 1.66. The highest BCUT2D eigenvalue weighted by Gasteiger charge is 2.69. The van der Waals surface area contributed by atoms with Crippen LogP contribution in [-0.4, -0.2) is 45.3 Å². The molecule has 5 nitrogen and oxygen atoms in total. The number of benzene rings is 1. The monoisotopic (exact) mass is 439 g/mol. The first-order valence-corrected chi connectivity index (χ1v) is 11.3. The first-order chi connectivity index (χ1) is 13.6. The molecule has 29 heavy (non-hydrogen) atoms. The number of fused-ring (bicyclic) bond motifs is 1. The molecule has 2 heterocycles. The first-order valence-electron chi connectivity index (χ1n) is 9.53. The van der Waals surface area contributed by atoms with Crippen LogP contribution in [0.3, 0.4) is 0 Å². The maximum Gasteiger partial charge on any atom is 0.272 e. The third kappa shape index (κ3) is 2.48. The number of hydrogen-bond donors (Lipinski definition) is 0. The second-order valence-corrected chi connectivity index (χ2v) is 10.9. The topological polar surface area (TPSA) is 55.2 Å². The van der Waals surface area contributed by atoms with Crippen molar-refractivity contribution >= 4 is 32.5 Å². The summed E-state index contributed by atoms with van der Waals surface area (Å²) in [6.45, 7) is 1.76. The molecule has 2 aromatic rings. The Morgan fingerprint density at radius 3 is 2.62 bits per heavy atom. The van der Waals surface area contributed by atoms with Gasteiger partial charge in [-0.15, -0.1) is 0 Å². The molecule has 0 amide bonds. The quantitative estimate of drug-likeness (QED) is 0.717. The number of likely N-dealkylation sites (tertiary alicyclic amines) is 1. The summed E-state index contributed by atoms with van der Waals surface area (Å²) in [5.74, 6) is -2.79. The molecule has 5 rings (SSSR count). The molecule has 1 aliphatic heterocycles. The Morgan fingerprint density at radius 1 is 1.17 bits per heavy atom. The van der Waals surface area contributed by atoms with Crippen molar-refractivity contribution in [1.82, 2.24) is 14.1 Å². The van der Waals surface area contributed by atoms with Crippen LogP contribution in [0, 0.1) is 0 Å². The number of alkyl halides is 2. The van der Waals surface area contributed by atoms with Gasteiger partial charge in [0.05, 0.1) is 16.7 Å². The minimum Gasteiger partial charge on any atom is -0.362 e. The lowest BCUT2D eigenvalue weighted by atomic mass is 9.97. The number of para-hydroxylation sites is 1. The smallest absolute Gasteiger partial charge is 0.272 e. The van der Waals surface area contributed by atoms with E-state index in [1.807, 2.05) is 6.07 Å². The van der Waals surface area contributed by atoms with E-state index in [9.17, 15) is 17.2 Å². The number of allylic oxidation sites excluding steroid dienone is 3. The van der Waals surface area contributed by atoms with Gasteiger partial charge in [-0.25, -0.2) is 17.2 Å². The minimum absolute atomic E-state index is 0.0245. The highest BCUT2D eigenvalue weighted by molar-refractivity contribution is 7.91. The van der Waals surface area contributed by atoms with Crippen molar-refractivity contribution in [2.45, 2.75) is 48.8 Å². The van der Waals surface area contributed by atoms with Crippen molar-refractivity contribution in [1.29, 1.82) is 0 Å². The van der Waals surface area contributed by atoms with Gasteiger partial charge in [0, 0.05) is 30.5 Å². The Hall–Kier alpha value is -1.93. The highest BCUT2D eigenvalue weighted by atomic mass is 35.5. The maximum absolute atomic E-state index is 14.5. The Bertz CT molecular complexity index is 1180. The van der Waals surface area contributed by atoms with Gasteiger partial charge in [-0.05, 0) is 31.9 Å². The summed E-state index contributed by atoms with van der Waals surface area (Å²) in [7, 11) is -3.96. The SMILES string of the molecule is CC1(S(=O)(=O)n2ncc3ccccc32)C=CC(Cl)=C(N2CCC(F)(F)C23CC3)C1. The van der Waals surface area contributed by atoms with Gasteiger partial charge in [-0.1, -0.05) is 35.9 Å². The fraction of sp³-hybridized carbons (Fsp3) is 0.450. The number of aromatic nitrogens is 2. The molecule has 1 aromatic carbocycles. The molecule has 9 heteroatoms. The van der Waals surface area contributed by atoms with Crippen molar-refractivity contribution < 1.29 is 17.2 Å². The molecule has 2 fully saturated rings. The van der Waals surface area contributed by atoms with Crippen molar-refractivity contribution in [2.24, 2.45) is 0 Å². The molecular weight excluding hydrogens is 420 g/mol. The molecule has 1 unspecified atom stereocenters. The molecule has 0 radical (unpaired) electrons. The van der Waals surface area contributed by atoms with Crippen molar-refractivity contribution in [3.63, 3.8) is 0 Å². The van der Waals surface area contributed by atoms with Gasteiger partial charge in [0.1, 0.15) is 10.3 Å². The number of nitrogens with zero attached hydrogens (tertiary/aromatic N) is 3. The molecular formula is C20H20ClF2N3O2S. The first kappa shape index (κ1) is 19.1. The average Bonchev–Trinajstić information content (AvgIpc) is 3.30. The lowest BCUT2D eigenvalue weighted by Gasteiger charge is -2.38. The van der Waals surface area contributed by atoms with Crippen LogP contribution in [0.2, 0.25) is 0 Å². The minimum atomic E-state index is -3.96. The van der Waals surface area contributed by atoms with Crippen molar-refractivity contribution in [3.8, 4) is 0 Å². The molecule has 0 N–H and O–H groups in total. The average molecular weight is 440 g/mol. The van der Waals surface area contributed by atoms with Gasteiger partial charge in [-0.3, -0.25) is 0 Å².